The lowest BCUT2D eigenvalue weighted by Gasteiger charge is -2.33. The number of halogens is 1. The van der Waals surface area contributed by atoms with E-state index in [0.717, 1.165) is 42.3 Å². The first-order valence-electron chi connectivity index (χ1n) is 8.23. The number of carbonyl (C=O) groups excluding carboxylic acids is 1. The van der Waals surface area contributed by atoms with E-state index < -0.39 is 0 Å². The number of likely N-dealkylation sites (tertiary alicyclic amines) is 1. The summed E-state index contributed by atoms with van der Waals surface area (Å²) in [6.45, 7) is 3.61. The third kappa shape index (κ3) is 4.51. The van der Waals surface area contributed by atoms with Crippen molar-refractivity contribution in [3.8, 4) is 16.3 Å². The van der Waals surface area contributed by atoms with Gasteiger partial charge in [-0.3, -0.25) is 4.79 Å². The molecule has 1 aromatic carbocycles. The number of carbonyl (C=O) groups is 1. The first kappa shape index (κ1) is 19.7. The van der Waals surface area contributed by atoms with E-state index in [0.29, 0.717) is 10.8 Å². The number of hydrogen-bond acceptors (Lipinski definition) is 5. The highest BCUT2D eigenvalue weighted by Crippen LogP contribution is 2.28. The zero-order chi connectivity index (χ0) is 17.1. The van der Waals surface area contributed by atoms with Crippen molar-refractivity contribution in [3.63, 3.8) is 0 Å². The minimum atomic E-state index is 0. The third-order valence-electron chi connectivity index (χ3n) is 4.62. The van der Waals surface area contributed by atoms with Crippen LogP contribution < -0.4 is 10.5 Å². The van der Waals surface area contributed by atoms with Crippen LogP contribution in [0.2, 0.25) is 0 Å². The molecule has 0 radical (unpaired) electrons. The van der Waals surface area contributed by atoms with Crippen LogP contribution >= 0.6 is 23.7 Å². The van der Waals surface area contributed by atoms with Gasteiger partial charge in [-0.05, 0) is 49.9 Å². The molecule has 2 heterocycles. The van der Waals surface area contributed by atoms with Gasteiger partial charge in [0.15, 0.2) is 0 Å². The predicted octanol–water partition coefficient (Wildman–Crippen LogP) is 3.44. The molecule has 1 aliphatic rings. The molecule has 0 saturated carbocycles. The topological polar surface area (TPSA) is 68.5 Å². The minimum absolute atomic E-state index is 0. The number of piperidine rings is 1. The first-order chi connectivity index (χ1) is 11.6. The summed E-state index contributed by atoms with van der Waals surface area (Å²) in [5, 5.41) is 0.853. The fourth-order valence-corrected chi connectivity index (χ4v) is 3.91. The SMILES string of the molecule is COc1ccc(-c2ncc(C(=O)N3CCC(C(C)N)CC3)s2)cc1.Cl. The molecular formula is C18H24ClN3O2S. The summed E-state index contributed by atoms with van der Waals surface area (Å²) in [7, 11) is 1.64. The predicted molar refractivity (Wildman–Crippen MR) is 104 cm³/mol. The van der Waals surface area contributed by atoms with Crippen molar-refractivity contribution >= 4 is 29.7 Å². The molecule has 25 heavy (non-hydrogen) atoms. The number of thiazole rings is 1. The average molecular weight is 382 g/mol. The van der Waals surface area contributed by atoms with Gasteiger partial charge in [-0.25, -0.2) is 4.98 Å². The summed E-state index contributed by atoms with van der Waals surface area (Å²) in [4.78, 5) is 19.7. The lowest BCUT2D eigenvalue weighted by Crippen LogP contribution is -2.42. The number of ether oxygens (including phenoxy) is 1. The van der Waals surface area contributed by atoms with E-state index in [2.05, 4.69) is 4.98 Å². The second-order valence-corrected chi connectivity index (χ2v) is 7.28. The fourth-order valence-electron chi connectivity index (χ4n) is 3.02. The van der Waals surface area contributed by atoms with Gasteiger partial charge in [0, 0.05) is 24.7 Å². The Bertz CT molecular complexity index is 695. The van der Waals surface area contributed by atoms with Crippen molar-refractivity contribution in [3.05, 3.63) is 35.3 Å². The molecule has 136 valence electrons. The van der Waals surface area contributed by atoms with Crippen LogP contribution in [-0.4, -0.2) is 42.0 Å². The minimum Gasteiger partial charge on any atom is -0.497 e. The number of amides is 1. The van der Waals surface area contributed by atoms with Crippen LogP contribution in [0, 0.1) is 5.92 Å². The van der Waals surface area contributed by atoms with Crippen molar-refractivity contribution in [2.45, 2.75) is 25.8 Å². The lowest BCUT2D eigenvalue weighted by molar-refractivity contribution is 0.0685. The van der Waals surface area contributed by atoms with Gasteiger partial charge < -0.3 is 15.4 Å². The van der Waals surface area contributed by atoms with Gasteiger partial charge in [-0.1, -0.05) is 0 Å². The van der Waals surface area contributed by atoms with Crippen molar-refractivity contribution in [1.82, 2.24) is 9.88 Å². The lowest BCUT2D eigenvalue weighted by atomic mass is 9.91. The van der Waals surface area contributed by atoms with Crippen molar-refractivity contribution in [1.29, 1.82) is 0 Å². The molecule has 1 saturated heterocycles. The fraction of sp³-hybridized carbons (Fsp3) is 0.444. The summed E-state index contributed by atoms with van der Waals surface area (Å²) in [5.74, 6) is 1.41. The van der Waals surface area contributed by atoms with Crippen molar-refractivity contribution in [2.24, 2.45) is 11.7 Å². The second kappa shape index (κ2) is 8.65. The number of nitrogens with two attached hydrogens (primary N) is 1. The summed E-state index contributed by atoms with van der Waals surface area (Å²) in [6, 6.07) is 7.92. The van der Waals surface area contributed by atoms with E-state index in [-0.39, 0.29) is 24.4 Å². The molecule has 0 spiro atoms. The van der Waals surface area contributed by atoms with Crippen LogP contribution in [-0.2, 0) is 0 Å². The Balaban J connectivity index is 0.00000225. The zero-order valence-corrected chi connectivity index (χ0v) is 16.1. The van der Waals surface area contributed by atoms with Crippen LogP contribution in [0.5, 0.6) is 5.75 Å². The standard InChI is InChI=1S/C18H23N3O2S.ClH/c1-12(19)13-7-9-21(10-8-13)18(22)16-11-20-17(24-16)14-3-5-15(23-2)6-4-14;/h3-6,11-13H,7-10,19H2,1-2H3;1H. The number of aromatic nitrogens is 1. The maximum Gasteiger partial charge on any atom is 0.265 e. The van der Waals surface area contributed by atoms with Gasteiger partial charge in [-0.15, -0.1) is 23.7 Å². The van der Waals surface area contributed by atoms with Gasteiger partial charge in [-0.2, -0.15) is 0 Å². The molecule has 3 rings (SSSR count). The van der Waals surface area contributed by atoms with Gasteiger partial charge >= 0.3 is 0 Å². The molecule has 2 aromatic rings. The highest BCUT2D eigenvalue weighted by Gasteiger charge is 2.26. The zero-order valence-electron chi connectivity index (χ0n) is 14.5. The Morgan fingerprint density at radius 3 is 2.52 bits per heavy atom. The van der Waals surface area contributed by atoms with Crippen LogP contribution in [0.4, 0.5) is 0 Å². The van der Waals surface area contributed by atoms with E-state index in [1.165, 1.54) is 11.3 Å². The van der Waals surface area contributed by atoms with Crippen molar-refractivity contribution < 1.29 is 9.53 Å². The summed E-state index contributed by atoms with van der Waals surface area (Å²) in [6.07, 6.45) is 3.64. The van der Waals surface area contributed by atoms with E-state index in [4.69, 9.17) is 10.5 Å². The Hall–Kier alpha value is -1.63. The van der Waals surface area contributed by atoms with Crippen LogP contribution in [0.25, 0.3) is 10.6 Å². The second-order valence-electron chi connectivity index (χ2n) is 6.25. The van der Waals surface area contributed by atoms with Gasteiger partial charge in [0.2, 0.25) is 0 Å². The quantitative estimate of drug-likeness (QED) is 0.880. The van der Waals surface area contributed by atoms with Gasteiger partial charge in [0.05, 0.1) is 13.3 Å². The molecule has 1 atom stereocenters. The highest BCUT2D eigenvalue weighted by molar-refractivity contribution is 7.16. The Morgan fingerprint density at radius 1 is 1.32 bits per heavy atom. The normalized spacial score (nSPS) is 16.2. The number of rotatable bonds is 4. The molecule has 1 fully saturated rings. The summed E-state index contributed by atoms with van der Waals surface area (Å²) >= 11 is 1.44. The van der Waals surface area contributed by atoms with Crippen LogP contribution in [0.1, 0.15) is 29.4 Å². The number of methoxy groups -OCH3 is 1. The van der Waals surface area contributed by atoms with E-state index >= 15 is 0 Å². The third-order valence-corrected chi connectivity index (χ3v) is 5.66. The Labute approximate surface area is 158 Å². The number of benzene rings is 1. The van der Waals surface area contributed by atoms with Crippen molar-refractivity contribution in [2.75, 3.05) is 20.2 Å². The molecule has 5 nitrogen and oxygen atoms in total. The van der Waals surface area contributed by atoms with E-state index in [9.17, 15) is 4.79 Å². The number of hydrogen-bond donors (Lipinski definition) is 1. The molecular weight excluding hydrogens is 358 g/mol. The Morgan fingerprint density at radius 2 is 1.96 bits per heavy atom. The van der Waals surface area contributed by atoms with Gasteiger partial charge in [0.1, 0.15) is 15.6 Å². The monoisotopic (exact) mass is 381 g/mol. The van der Waals surface area contributed by atoms with Gasteiger partial charge in [0.25, 0.3) is 5.91 Å². The Kier molecular flexibility index (Phi) is 6.81. The maximum atomic E-state index is 12.7. The maximum absolute atomic E-state index is 12.7. The highest BCUT2D eigenvalue weighted by atomic mass is 35.5. The average Bonchev–Trinajstić information content (AvgIpc) is 3.11. The van der Waals surface area contributed by atoms with Crippen LogP contribution in [0.3, 0.4) is 0 Å². The largest absolute Gasteiger partial charge is 0.497 e. The molecule has 1 amide bonds. The molecule has 2 N–H and O–H groups in total. The summed E-state index contributed by atoms with van der Waals surface area (Å²) < 4.78 is 5.17. The molecule has 0 bridgehead atoms. The van der Waals surface area contributed by atoms with E-state index in [1.54, 1.807) is 13.3 Å². The molecule has 1 unspecified atom stereocenters. The van der Waals surface area contributed by atoms with E-state index in [1.807, 2.05) is 36.1 Å². The number of nitrogens with zero attached hydrogens (tertiary/aromatic N) is 2. The molecule has 7 heteroatoms. The van der Waals surface area contributed by atoms with Crippen LogP contribution in [0.15, 0.2) is 30.5 Å². The first-order valence-corrected chi connectivity index (χ1v) is 9.05. The summed E-state index contributed by atoms with van der Waals surface area (Å²) in [5.41, 5.74) is 6.96. The molecule has 1 aliphatic heterocycles. The molecule has 1 aromatic heterocycles. The molecule has 0 aliphatic carbocycles. The smallest absolute Gasteiger partial charge is 0.265 e.